The minimum absolute atomic E-state index is 0.746. The molecule has 0 fully saturated rings. The molecule has 3 rings (SSSR count). The van der Waals surface area contributed by atoms with E-state index in [9.17, 15) is 0 Å². The van der Waals surface area contributed by atoms with Crippen LogP contribution >= 0.6 is 27.7 Å². The quantitative estimate of drug-likeness (QED) is 0.743. The summed E-state index contributed by atoms with van der Waals surface area (Å²) in [6.45, 7) is 2.09. The molecule has 0 bridgehead atoms. The largest absolute Gasteiger partial charge is 0.337 e. The van der Waals surface area contributed by atoms with Gasteiger partial charge < -0.3 is 4.98 Å². The first-order chi connectivity index (χ1) is 9.19. The molecule has 0 radical (unpaired) electrons. The van der Waals surface area contributed by atoms with E-state index in [0.29, 0.717) is 0 Å². The van der Waals surface area contributed by atoms with Gasteiger partial charge in [0.25, 0.3) is 0 Å². The maximum atomic E-state index is 4.33. The summed E-state index contributed by atoms with van der Waals surface area (Å²) < 4.78 is 2.47. The van der Waals surface area contributed by atoms with Crippen LogP contribution < -0.4 is 0 Å². The number of nitrogens with zero attached hydrogens (tertiary/aromatic N) is 5. The van der Waals surface area contributed by atoms with E-state index >= 15 is 0 Å². The maximum Gasteiger partial charge on any atom is 0.171 e. The number of hydrogen-bond acceptors (Lipinski definition) is 5. The van der Waals surface area contributed by atoms with E-state index < -0.39 is 0 Å². The number of halogens is 1. The van der Waals surface area contributed by atoms with Crippen molar-refractivity contribution in [2.24, 2.45) is 7.05 Å². The van der Waals surface area contributed by atoms with Crippen LogP contribution in [0, 0.1) is 0 Å². The number of rotatable bonds is 3. The Morgan fingerprint density at radius 2 is 2.21 bits per heavy atom. The van der Waals surface area contributed by atoms with Crippen LogP contribution in [0.15, 0.2) is 27.3 Å². The van der Waals surface area contributed by atoms with Crippen molar-refractivity contribution in [3.63, 3.8) is 0 Å². The van der Waals surface area contributed by atoms with Crippen LogP contribution in [-0.4, -0.2) is 29.7 Å². The molecule has 0 aromatic carbocycles. The molecule has 0 saturated heterocycles. The number of nitrogens with one attached hydrogen (secondary N) is 1. The maximum absolute atomic E-state index is 4.33. The Kier molecular flexibility index (Phi) is 3.28. The van der Waals surface area contributed by atoms with Gasteiger partial charge in [-0.05, 0) is 34.1 Å². The van der Waals surface area contributed by atoms with E-state index in [0.717, 1.165) is 37.9 Å². The molecule has 3 aromatic rings. The van der Waals surface area contributed by atoms with E-state index in [1.807, 2.05) is 13.2 Å². The molecule has 1 N–H and O–H groups in total. The number of aromatic amines is 1. The van der Waals surface area contributed by atoms with Crippen molar-refractivity contribution < 1.29 is 0 Å². The Morgan fingerprint density at radius 1 is 1.37 bits per heavy atom. The predicted octanol–water partition coefficient (Wildman–Crippen LogP) is 2.56. The first-order valence-corrected chi connectivity index (χ1v) is 7.35. The SMILES string of the molecule is CCc1cnc(Sc2ncnc3c2c(Br)nn3C)[nH]1. The molecular weight excluding hydrogens is 328 g/mol. The Balaban J connectivity index is 2.05. The van der Waals surface area contributed by atoms with Gasteiger partial charge in [0.1, 0.15) is 16.0 Å². The minimum Gasteiger partial charge on any atom is -0.337 e. The van der Waals surface area contributed by atoms with Crippen molar-refractivity contribution in [3.05, 3.63) is 22.8 Å². The fourth-order valence-corrected chi connectivity index (χ4v) is 3.35. The van der Waals surface area contributed by atoms with Gasteiger partial charge in [0.05, 0.1) is 5.39 Å². The lowest BCUT2D eigenvalue weighted by Crippen LogP contribution is -1.92. The average Bonchev–Trinajstić information content (AvgIpc) is 2.96. The second-order valence-electron chi connectivity index (χ2n) is 3.96. The molecule has 0 aliphatic heterocycles. The summed E-state index contributed by atoms with van der Waals surface area (Å²) in [7, 11) is 1.86. The number of hydrogen-bond donors (Lipinski definition) is 1. The highest BCUT2D eigenvalue weighted by Gasteiger charge is 2.15. The lowest BCUT2D eigenvalue weighted by atomic mass is 10.4. The first kappa shape index (κ1) is 12.6. The van der Waals surface area contributed by atoms with Crippen LogP contribution in [0.4, 0.5) is 0 Å². The summed E-state index contributed by atoms with van der Waals surface area (Å²) in [5, 5.41) is 6.87. The van der Waals surface area contributed by atoms with Gasteiger partial charge in [0.2, 0.25) is 0 Å². The zero-order valence-corrected chi connectivity index (χ0v) is 12.8. The van der Waals surface area contributed by atoms with Crippen LogP contribution in [-0.2, 0) is 13.5 Å². The van der Waals surface area contributed by atoms with Crippen molar-refractivity contribution in [3.8, 4) is 0 Å². The molecule has 0 aliphatic rings. The van der Waals surface area contributed by atoms with Crippen molar-refractivity contribution in [1.29, 1.82) is 0 Å². The van der Waals surface area contributed by atoms with Crippen molar-refractivity contribution in [2.75, 3.05) is 0 Å². The summed E-state index contributed by atoms with van der Waals surface area (Å²) in [6.07, 6.45) is 4.32. The van der Waals surface area contributed by atoms with Gasteiger partial charge in [-0.15, -0.1) is 0 Å². The number of H-pyrrole nitrogens is 1. The van der Waals surface area contributed by atoms with Gasteiger partial charge >= 0.3 is 0 Å². The molecule has 0 atom stereocenters. The fraction of sp³-hybridized carbons (Fsp3) is 0.273. The number of aromatic nitrogens is 6. The molecule has 0 unspecified atom stereocenters. The molecule has 3 aromatic heterocycles. The predicted molar refractivity (Wildman–Crippen MR) is 76.1 cm³/mol. The van der Waals surface area contributed by atoms with Gasteiger partial charge in [-0.25, -0.2) is 19.6 Å². The van der Waals surface area contributed by atoms with Crippen LogP contribution in [0.25, 0.3) is 11.0 Å². The zero-order valence-electron chi connectivity index (χ0n) is 10.4. The fourth-order valence-electron chi connectivity index (χ4n) is 1.75. The van der Waals surface area contributed by atoms with Gasteiger partial charge in [-0.2, -0.15) is 5.10 Å². The Bertz CT molecular complexity index is 734. The van der Waals surface area contributed by atoms with Gasteiger partial charge in [-0.3, -0.25) is 0 Å². The molecule has 98 valence electrons. The Morgan fingerprint density at radius 3 is 2.95 bits per heavy atom. The topological polar surface area (TPSA) is 72.3 Å². The molecule has 19 heavy (non-hydrogen) atoms. The highest BCUT2D eigenvalue weighted by molar-refractivity contribution is 9.10. The summed E-state index contributed by atoms with van der Waals surface area (Å²) >= 11 is 4.92. The second kappa shape index (κ2) is 4.93. The van der Waals surface area contributed by atoms with Crippen molar-refractivity contribution >= 4 is 38.7 Å². The standard InChI is InChI=1S/C11H11BrN6S/c1-3-6-4-13-11(16-6)19-10-7-8(12)17-18(2)9(7)14-5-15-10/h4-5H,3H2,1-2H3,(H,13,16). The average molecular weight is 339 g/mol. The van der Waals surface area contributed by atoms with E-state index in [1.54, 1.807) is 11.0 Å². The molecule has 0 saturated carbocycles. The van der Waals surface area contributed by atoms with Gasteiger partial charge in [0.15, 0.2) is 10.8 Å². The summed E-state index contributed by atoms with van der Waals surface area (Å²) in [6, 6.07) is 0. The third-order valence-electron chi connectivity index (χ3n) is 2.72. The lowest BCUT2D eigenvalue weighted by Gasteiger charge is -1.99. The normalized spacial score (nSPS) is 11.3. The van der Waals surface area contributed by atoms with Crippen LogP contribution in [0.1, 0.15) is 12.6 Å². The van der Waals surface area contributed by atoms with E-state index in [1.165, 1.54) is 11.8 Å². The van der Waals surface area contributed by atoms with Crippen LogP contribution in [0.3, 0.4) is 0 Å². The molecular formula is C11H11BrN6S. The highest BCUT2D eigenvalue weighted by Crippen LogP contribution is 2.32. The molecule has 0 aliphatic carbocycles. The van der Waals surface area contributed by atoms with E-state index in [4.69, 9.17) is 0 Å². The zero-order chi connectivity index (χ0) is 13.4. The van der Waals surface area contributed by atoms with E-state index in [-0.39, 0.29) is 0 Å². The highest BCUT2D eigenvalue weighted by atomic mass is 79.9. The second-order valence-corrected chi connectivity index (χ2v) is 5.69. The summed E-state index contributed by atoms with van der Waals surface area (Å²) in [5.41, 5.74) is 1.91. The molecule has 8 heteroatoms. The number of aryl methyl sites for hydroxylation is 2. The first-order valence-electron chi connectivity index (χ1n) is 5.74. The third kappa shape index (κ3) is 2.25. The summed E-state index contributed by atoms with van der Waals surface area (Å²) in [4.78, 5) is 16.1. The lowest BCUT2D eigenvalue weighted by molar-refractivity contribution is 0.777. The Labute approximate surface area is 122 Å². The monoisotopic (exact) mass is 338 g/mol. The van der Waals surface area contributed by atoms with E-state index in [2.05, 4.69) is 47.9 Å². The molecule has 3 heterocycles. The van der Waals surface area contributed by atoms with Crippen LogP contribution in [0.2, 0.25) is 0 Å². The molecule has 0 spiro atoms. The number of imidazole rings is 1. The van der Waals surface area contributed by atoms with Crippen molar-refractivity contribution in [2.45, 2.75) is 23.5 Å². The van der Waals surface area contributed by atoms with Crippen molar-refractivity contribution in [1.82, 2.24) is 29.7 Å². The third-order valence-corrected chi connectivity index (χ3v) is 4.18. The van der Waals surface area contributed by atoms with Crippen LogP contribution in [0.5, 0.6) is 0 Å². The smallest absolute Gasteiger partial charge is 0.171 e. The summed E-state index contributed by atoms with van der Waals surface area (Å²) in [5.74, 6) is 0. The van der Waals surface area contributed by atoms with Gasteiger partial charge in [0, 0.05) is 18.9 Å². The Hall–Kier alpha value is -1.41. The number of fused-ring (bicyclic) bond motifs is 1. The van der Waals surface area contributed by atoms with Gasteiger partial charge in [-0.1, -0.05) is 6.92 Å². The minimum atomic E-state index is 0.746. The molecule has 0 amide bonds. The molecule has 6 nitrogen and oxygen atoms in total.